The molecule has 1 spiro atoms. The molecule has 0 aromatic heterocycles. The number of hydrogen-bond donors (Lipinski definition) is 3. The normalized spacial score (nSPS) is 56.7. The Morgan fingerprint density at radius 2 is 1.66 bits per heavy atom. The van der Waals surface area contributed by atoms with Gasteiger partial charge in [-0.2, -0.15) is 0 Å². The first-order valence-corrected chi connectivity index (χ1v) is 13.3. The number of fused-ring (bicyclic) bond motifs is 3. The van der Waals surface area contributed by atoms with E-state index in [9.17, 15) is 9.90 Å². The molecule has 0 radical (unpaired) electrons. The molecule has 182 valence electrons. The van der Waals surface area contributed by atoms with Gasteiger partial charge in [-0.05, 0) is 111 Å². The van der Waals surface area contributed by atoms with Crippen molar-refractivity contribution in [3.05, 3.63) is 0 Å². The summed E-state index contributed by atoms with van der Waals surface area (Å²) < 4.78 is 0. The third kappa shape index (κ3) is 2.49. The number of amides is 1. The topological polar surface area (TPSA) is 78.6 Å². The van der Waals surface area contributed by atoms with Gasteiger partial charge in [0.05, 0.1) is 5.60 Å². The maximum Gasteiger partial charge on any atom is 0.240 e. The van der Waals surface area contributed by atoms with Crippen molar-refractivity contribution < 1.29 is 9.90 Å². The van der Waals surface area contributed by atoms with E-state index in [1.165, 1.54) is 12.8 Å². The standard InChI is InChI=1S/C27H47N3O2/c1-22-13-16-27(28)20-8-7-19(21(31)30(6)29-5)24(20,3)14-15-25(27,4)26(22)12-10-18(26)9-11-23(2,32)17-22/h18-20,29,32H,7-17,28H2,1-6H3/t18-,19-,20-,22-,23-,24-,25-,26?,27-/m1/s1. The Labute approximate surface area is 195 Å². The summed E-state index contributed by atoms with van der Waals surface area (Å²) in [6.07, 6.45) is 12.0. The van der Waals surface area contributed by atoms with Crippen LogP contribution in [0.5, 0.6) is 0 Å². The Hall–Kier alpha value is -0.650. The van der Waals surface area contributed by atoms with E-state index >= 15 is 0 Å². The number of carbonyl (C=O) groups excluding carboxylic acids is 1. The van der Waals surface area contributed by atoms with Crippen molar-refractivity contribution >= 4 is 5.91 Å². The van der Waals surface area contributed by atoms with E-state index in [1.54, 1.807) is 5.01 Å². The van der Waals surface area contributed by atoms with E-state index in [-0.39, 0.29) is 39.0 Å². The minimum atomic E-state index is -0.560. The molecule has 0 bridgehead atoms. The maximum atomic E-state index is 13.3. The van der Waals surface area contributed by atoms with E-state index < -0.39 is 5.60 Å². The maximum absolute atomic E-state index is 13.3. The molecule has 1 unspecified atom stereocenters. The average Bonchev–Trinajstić information content (AvgIpc) is 3.02. The molecule has 1 amide bonds. The van der Waals surface area contributed by atoms with Gasteiger partial charge in [0.2, 0.25) is 5.91 Å². The number of carbonyl (C=O) groups is 1. The van der Waals surface area contributed by atoms with E-state index in [0.29, 0.717) is 11.8 Å². The third-order valence-electron chi connectivity index (χ3n) is 12.7. The number of hydrazine groups is 1. The summed E-state index contributed by atoms with van der Waals surface area (Å²) in [6, 6.07) is 0. The molecule has 5 rings (SSSR count). The van der Waals surface area contributed by atoms with Crippen LogP contribution in [-0.2, 0) is 4.79 Å². The second-order valence-corrected chi connectivity index (χ2v) is 13.7. The zero-order chi connectivity index (χ0) is 23.4. The molecule has 0 saturated heterocycles. The van der Waals surface area contributed by atoms with Crippen LogP contribution in [0.1, 0.15) is 98.3 Å². The quantitative estimate of drug-likeness (QED) is 0.556. The fourth-order valence-electron chi connectivity index (χ4n) is 11.0. The van der Waals surface area contributed by atoms with Crippen molar-refractivity contribution in [2.45, 2.75) is 109 Å². The first kappa shape index (κ1) is 23.1. The molecule has 5 nitrogen and oxygen atoms in total. The van der Waals surface area contributed by atoms with Gasteiger partial charge in [-0.25, -0.2) is 5.43 Å². The van der Waals surface area contributed by atoms with Crippen LogP contribution in [0.25, 0.3) is 0 Å². The lowest BCUT2D eigenvalue weighted by Gasteiger charge is -2.78. The van der Waals surface area contributed by atoms with Crippen molar-refractivity contribution in [2.75, 3.05) is 14.1 Å². The summed E-state index contributed by atoms with van der Waals surface area (Å²) in [7, 11) is 3.68. The highest BCUT2D eigenvalue weighted by Gasteiger charge is 2.78. The summed E-state index contributed by atoms with van der Waals surface area (Å²) in [5.41, 5.74) is 10.4. The first-order chi connectivity index (χ1) is 14.8. The number of nitrogens with one attached hydrogen (secondary N) is 1. The summed E-state index contributed by atoms with van der Waals surface area (Å²) in [4.78, 5) is 13.3. The van der Waals surface area contributed by atoms with Crippen LogP contribution < -0.4 is 11.2 Å². The van der Waals surface area contributed by atoms with Gasteiger partial charge >= 0.3 is 0 Å². The fraction of sp³-hybridized carbons (Fsp3) is 0.963. The lowest BCUT2D eigenvalue weighted by atomic mass is 9.27. The lowest BCUT2D eigenvalue weighted by Crippen LogP contribution is -2.78. The zero-order valence-electron chi connectivity index (χ0n) is 21.4. The van der Waals surface area contributed by atoms with Crippen molar-refractivity contribution in [1.82, 2.24) is 10.4 Å². The first-order valence-electron chi connectivity index (χ1n) is 13.3. The lowest BCUT2D eigenvalue weighted by molar-refractivity contribution is -0.276. The fourth-order valence-corrected chi connectivity index (χ4v) is 11.0. The number of rotatable bonds is 2. The van der Waals surface area contributed by atoms with E-state index in [4.69, 9.17) is 5.73 Å². The monoisotopic (exact) mass is 445 g/mol. The van der Waals surface area contributed by atoms with Gasteiger partial charge in [-0.1, -0.05) is 20.8 Å². The van der Waals surface area contributed by atoms with Crippen LogP contribution >= 0.6 is 0 Å². The molecule has 0 heterocycles. The van der Waals surface area contributed by atoms with Crippen LogP contribution in [0.3, 0.4) is 0 Å². The number of nitrogens with two attached hydrogens (primary N) is 1. The molecule has 5 aliphatic rings. The molecular weight excluding hydrogens is 398 g/mol. The second-order valence-electron chi connectivity index (χ2n) is 13.7. The zero-order valence-corrected chi connectivity index (χ0v) is 21.4. The minimum absolute atomic E-state index is 0.0176. The highest BCUT2D eigenvalue weighted by Crippen LogP contribution is 2.81. The predicted molar refractivity (Wildman–Crippen MR) is 127 cm³/mol. The Bertz CT molecular complexity index is 815. The van der Waals surface area contributed by atoms with Gasteiger partial charge in [-0.15, -0.1) is 0 Å². The summed E-state index contributed by atoms with van der Waals surface area (Å²) in [6.45, 7) is 9.50. The Kier molecular flexibility index (Phi) is 4.86. The van der Waals surface area contributed by atoms with Crippen LogP contribution in [-0.4, -0.2) is 41.3 Å². The van der Waals surface area contributed by atoms with E-state index in [2.05, 4.69) is 33.1 Å². The number of aliphatic hydroxyl groups is 1. The molecule has 5 aliphatic carbocycles. The van der Waals surface area contributed by atoms with Crippen molar-refractivity contribution in [3.63, 3.8) is 0 Å². The van der Waals surface area contributed by atoms with Gasteiger partial charge in [0.25, 0.3) is 0 Å². The minimum Gasteiger partial charge on any atom is -0.390 e. The molecule has 0 aliphatic heterocycles. The molecule has 5 saturated carbocycles. The molecule has 9 atom stereocenters. The average molecular weight is 446 g/mol. The van der Waals surface area contributed by atoms with Gasteiger partial charge in [0.15, 0.2) is 0 Å². The molecule has 0 aromatic carbocycles. The molecular formula is C27H47N3O2. The van der Waals surface area contributed by atoms with Crippen molar-refractivity contribution in [2.24, 2.45) is 45.1 Å². The number of hydrogen-bond acceptors (Lipinski definition) is 4. The molecule has 32 heavy (non-hydrogen) atoms. The molecule has 5 fully saturated rings. The van der Waals surface area contributed by atoms with Gasteiger partial charge in [0.1, 0.15) is 0 Å². The van der Waals surface area contributed by atoms with Crippen LogP contribution in [0.15, 0.2) is 0 Å². The summed E-state index contributed by atoms with van der Waals surface area (Å²) in [5, 5.41) is 12.9. The smallest absolute Gasteiger partial charge is 0.240 e. The van der Waals surface area contributed by atoms with Gasteiger partial charge in [-0.3, -0.25) is 9.80 Å². The third-order valence-corrected chi connectivity index (χ3v) is 12.7. The summed E-state index contributed by atoms with van der Waals surface area (Å²) >= 11 is 0. The van der Waals surface area contributed by atoms with Crippen LogP contribution in [0.2, 0.25) is 0 Å². The Balaban J connectivity index is 1.57. The van der Waals surface area contributed by atoms with Gasteiger partial charge < -0.3 is 10.8 Å². The highest BCUT2D eigenvalue weighted by atomic mass is 16.3. The predicted octanol–water partition coefficient (Wildman–Crippen LogP) is 4.24. The van der Waals surface area contributed by atoms with Crippen molar-refractivity contribution in [1.29, 1.82) is 0 Å². The van der Waals surface area contributed by atoms with Gasteiger partial charge in [0, 0.05) is 25.6 Å². The highest BCUT2D eigenvalue weighted by molar-refractivity contribution is 5.79. The summed E-state index contributed by atoms with van der Waals surface area (Å²) in [5.74, 6) is 1.38. The largest absolute Gasteiger partial charge is 0.390 e. The van der Waals surface area contributed by atoms with Crippen molar-refractivity contribution in [3.8, 4) is 0 Å². The Morgan fingerprint density at radius 1 is 0.969 bits per heavy atom. The number of nitrogens with zero attached hydrogens (tertiary/aromatic N) is 1. The molecule has 5 heteroatoms. The van der Waals surface area contributed by atoms with E-state index in [1.807, 2.05) is 14.1 Å². The van der Waals surface area contributed by atoms with Crippen LogP contribution in [0, 0.1) is 39.4 Å². The van der Waals surface area contributed by atoms with E-state index in [0.717, 1.165) is 57.8 Å². The molecule has 4 N–H and O–H groups in total. The second kappa shape index (κ2) is 6.73. The van der Waals surface area contributed by atoms with Crippen LogP contribution in [0.4, 0.5) is 0 Å². The Morgan fingerprint density at radius 3 is 2.28 bits per heavy atom. The molecule has 0 aromatic rings. The SMILES string of the molecule is CNN(C)C(=O)[C@H]1CC[C@@H]2[C@]1(C)CC[C@]1(C)C34CC[C@H]3CC[C@@](C)(O)C[C@@]4(C)CC[C@@]21N.